The highest BCUT2D eigenvalue weighted by molar-refractivity contribution is 6.34. The number of hydrogen-bond acceptors (Lipinski definition) is 7. The zero-order valence-electron chi connectivity index (χ0n) is 23.6. The fourth-order valence-corrected chi connectivity index (χ4v) is 6.30. The third kappa shape index (κ3) is 4.63. The number of nitrogens with one attached hydrogen (secondary N) is 1. The third-order valence-electron chi connectivity index (χ3n) is 8.33. The van der Waals surface area contributed by atoms with Gasteiger partial charge in [-0.1, -0.05) is 24.2 Å². The molecule has 0 bridgehead atoms. The number of carbonyl (C=O) groups excluding carboxylic acids is 1. The zero-order valence-corrected chi connectivity index (χ0v) is 24.4. The van der Waals surface area contributed by atoms with E-state index in [-0.39, 0.29) is 11.9 Å². The molecule has 9 nitrogen and oxygen atoms in total. The smallest absolute Gasteiger partial charge is 0.354 e. The van der Waals surface area contributed by atoms with Gasteiger partial charge in [-0.15, -0.1) is 0 Å². The van der Waals surface area contributed by atoms with Gasteiger partial charge in [-0.3, -0.25) is 14.3 Å². The molecule has 3 heterocycles. The normalized spacial score (nSPS) is 17.0. The van der Waals surface area contributed by atoms with Crippen LogP contribution in [0.1, 0.15) is 42.4 Å². The molecule has 0 radical (unpaired) electrons. The Bertz CT molecular complexity index is 1830. The van der Waals surface area contributed by atoms with Crippen LogP contribution in [0.3, 0.4) is 0 Å². The Morgan fingerprint density at radius 3 is 2.69 bits per heavy atom. The predicted molar refractivity (Wildman–Crippen MR) is 168 cm³/mol. The maximum absolute atomic E-state index is 14.0. The molecule has 1 saturated carbocycles. The van der Waals surface area contributed by atoms with Crippen molar-refractivity contribution >= 4 is 46.1 Å². The second-order valence-electron chi connectivity index (χ2n) is 11.0. The lowest BCUT2D eigenvalue weighted by Gasteiger charge is -2.40. The maximum Gasteiger partial charge on any atom is 0.354 e. The van der Waals surface area contributed by atoms with Gasteiger partial charge >= 0.3 is 5.69 Å². The van der Waals surface area contributed by atoms with Crippen LogP contribution in [0, 0.1) is 12.3 Å². The van der Waals surface area contributed by atoms with Gasteiger partial charge in [0.25, 0.3) is 0 Å². The minimum absolute atomic E-state index is 0.101. The number of aryl methyl sites for hydroxylation is 1. The van der Waals surface area contributed by atoms with Gasteiger partial charge in [0.15, 0.2) is 0 Å². The summed E-state index contributed by atoms with van der Waals surface area (Å²) in [7, 11) is 0. The van der Waals surface area contributed by atoms with Crippen molar-refractivity contribution in [1.29, 1.82) is 5.41 Å². The van der Waals surface area contributed by atoms with Gasteiger partial charge < -0.3 is 20.9 Å². The first-order chi connectivity index (χ1) is 20.2. The number of anilines is 2. The van der Waals surface area contributed by atoms with E-state index in [0.717, 1.165) is 40.6 Å². The van der Waals surface area contributed by atoms with E-state index in [2.05, 4.69) is 21.4 Å². The fourth-order valence-electron chi connectivity index (χ4n) is 6.04. The molecular weight excluding hydrogens is 550 g/mol. The molecule has 42 heavy (non-hydrogen) atoms. The average molecular weight is 582 g/mol. The van der Waals surface area contributed by atoms with E-state index in [0.29, 0.717) is 58.7 Å². The molecule has 2 aromatic carbocycles. The molecule has 0 spiro atoms. The molecule has 1 aliphatic carbocycles. The van der Waals surface area contributed by atoms with Crippen molar-refractivity contribution in [2.75, 3.05) is 30.3 Å². The summed E-state index contributed by atoms with van der Waals surface area (Å²) in [6.07, 6.45) is 8.18. The lowest BCUT2D eigenvalue weighted by Crippen LogP contribution is -2.54. The molecule has 10 heteroatoms. The first-order valence-corrected chi connectivity index (χ1v) is 14.4. The quantitative estimate of drug-likeness (QED) is 0.186. The molecule has 4 aromatic rings. The van der Waals surface area contributed by atoms with Crippen molar-refractivity contribution in [3.8, 4) is 16.8 Å². The highest BCUT2D eigenvalue weighted by atomic mass is 35.5. The van der Waals surface area contributed by atoms with Crippen molar-refractivity contribution in [2.45, 2.75) is 38.6 Å². The third-order valence-corrected chi connectivity index (χ3v) is 8.65. The van der Waals surface area contributed by atoms with Crippen LogP contribution in [0.5, 0.6) is 0 Å². The Balaban J connectivity index is 1.63. The van der Waals surface area contributed by atoms with Crippen molar-refractivity contribution in [3.05, 3.63) is 87.6 Å². The molecule has 2 aliphatic rings. The van der Waals surface area contributed by atoms with Crippen molar-refractivity contribution < 1.29 is 4.79 Å². The van der Waals surface area contributed by atoms with E-state index in [9.17, 15) is 9.59 Å². The number of halogens is 1. The highest BCUT2D eigenvalue weighted by Gasteiger charge is 2.31. The van der Waals surface area contributed by atoms with E-state index in [1.807, 2.05) is 44.3 Å². The first kappa shape index (κ1) is 27.7. The number of hydrogen-bond donors (Lipinski definition) is 2. The molecule has 1 saturated heterocycles. The Labute approximate surface area is 248 Å². The van der Waals surface area contributed by atoms with Gasteiger partial charge in [0.1, 0.15) is 5.82 Å². The van der Waals surface area contributed by atoms with E-state index in [1.165, 1.54) is 12.3 Å². The fraction of sp³-hybridized carbons (Fsp3) is 0.281. The minimum atomic E-state index is -0.410. The van der Waals surface area contributed by atoms with Crippen LogP contribution in [-0.2, 0) is 4.79 Å². The Morgan fingerprint density at radius 1 is 1.21 bits per heavy atom. The molecule has 1 atom stereocenters. The molecule has 2 fully saturated rings. The monoisotopic (exact) mass is 581 g/mol. The molecule has 6 rings (SSSR count). The van der Waals surface area contributed by atoms with Gasteiger partial charge in [-0.25, -0.2) is 4.79 Å². The number of pyridine rings is 1. The van der Waals surface area contributed by atoms with Gasteiger partial charge in [0.2, 0.25) is 5.91 Å². The summed E-state index contributed by atoms with van der Waals surface area (Å²) in [6, 6.07) is 9.22. The van der Waals surface area contributed by atoms with Gasteiger partial charge in [-0.05, 0) is 79.6 Å². The van der Waals surface area contributed by atoms with Crippen LogP contribution in [0.15, 0.2) is 60.2 Å². The summed E-state index contributed by atoms with van der Waals surface area (Å²) in [6.45, 7) is 9.04. The van der Waals surface area contributed by atoms with Crippen LogP contribution >= 0.6 is 11.6 Å². The van der Waals surface area contributed by atoms with Crippen molar-refractivity contribution in [2.24, 2.45) is 0 Å². The number of fused-ring (bicyclic) bond motifs is 1. The second kappa shape index (κ2) is 10.7. The number of nitrogens with two attached hydrogens (primary N) is 1. The molecule has 1 unspecified atom stereocenters. The predicted octanol–water partition coefficient (Wildman–Crippen LogP) is 5.09. The van der Waals surface area contributed by atoms with E-state index < -0.39 is 5.69 Å². The summed E-state index contributed by atoms with van der Waals surface area (Å²) in [5.41, 5.74) is 11.6. The summed E-state index contributed by atoms with van der Waals surface area (Å²) in [5, 5.41) is 9.26. The maximum atomic E-state index is 14.0. The van der Waals surface area contributed by atoms with E-state index >= 15 is 0 Å². The summed E-state index contributed by atoms with van der Waals surface area (Å²) >= 11 is 7.03. The van der Waals surface area contributed by atoms with Crippen LogP contribution in [0.4, 0.5) is 11.5 Å². The van der Waals surface area contributed by atoms with Crippen LogP contribution in [0.25, 0.3) is 27.7 Å². The summed E-state index contributed by atoms with van der Waals surface area (Å²) < 4.78 is 1.65. The molecule has 3 N–H and O–H groups in total. The van der Waals surface area contributed by atoms with Crippen LogP contribution < -0.4 is 16.3 Å². The summed E-state index contributed by atoms with van der Waals surface area (Å²) in [5.74, 6) is 0.752. The number of carbonyl (C=O) groups is 1. The van der Waals surface area contributed by atoms with Crippen LogP contribution in [-0.4, -0.2) is 57.2 Å². The highest BCUT2D eigenvalue weighted by Crippen LogP contribution is 2.44. The molecule has 1 aliphatic heterocycles. The van der Waals surface area contributed by atoms with Crippen LogP contribution in [0.2, 0.25) is 5.02 Å². The number of nitrogen functional groups attached to an aromatic ring is 1. The van der Waals surface area contributed by atoms with Crippen molar-refractivity contribution in [3.63, 3.8) is 0 Å². The average Bonchev–Trinajstić information content (AvgIpc) is 3.83. The number of benzene rings is 2. The SMILES string of the molecule is C=CC(=O)N1CCN(c2nc(=O)n(-c3ccncc3C3CC3)c3cc(-c4c(C)ccc(N)c4C=N)c(Cl)cc23)C(C)C1. The number of aromatic nitrogens is 3. The lowest BCUT2D eigenvalue weighted by atomic mass is 9.93. The summed E-state index contributed by atoms with van der Waals surface area (Å²) in [4.78, 5) is 39.2. The van der Waals surface area contributed by atoms with E-state index in [4.69, 9.17) is 22.7 Å². The number of piperazine rings is 1. The van der Waals surface area contributed by atoms with E-state index in [1.54, 1.807) is 21.7 Å². The van der Waals surface area contributed by atoms with Gasteiger partial charge in [-0.2, -0.15) is 4.98 Å². The second-order valence-corrected chi connectivity index (χ2v) is 11.5. The van der Waals surface area contributed by atoms with Gasteiger partial charge in [0, 0.05) is 71.5 Å². The first-order valence-electron chi connectivity index (χ1n) is 14.0. The number of nitrogens with zero attached hydrogens (tertiary/aromatic N) is 5. The largest absolute Gasteiger partial charge is 0.398 e. The standard InChI is InChI=1S/C32H32ClN7O2/c1-4-29(41)38-11-12-39(19(3)17-38)31-22-13-25(33)21(30-18(2)5-8-26(35)23(30)15-34)14-28(22)40(32(42)37-31)27-9-10-36-16-24(27)20-6-7-20/h4-5,8-10,13-16,19-20,34H,1,6-7,11-12,17,35H2,2-3H3. The molecule has 1 amide bonds. The topological polar surface area (TPSA) is 121 Å². The van der Waals surface area contributed by atoms with Crippen molar-refractivity contribution in [1.82, 2.24) is 19.4 Å². The van der Waals surface area contributed by atoms with Gasteiger partial charge in [0.05, 0.1) is 11.2 Å². The minimum Gasteiger partial charge on any atom is -0.398 e. The lowest BCUT2D eigenvalue weighted by molar-refractivity contribution is -0.126. The Hall–Kier alpha value is -4.50. The zero-order chi connectivity index (χ0) is 29.7. The molecule has 2 aromatic heterocycles. The Kier molecular flexibility index (Phi) is 7.06. The number of amides is 1. The molecule has 214 valence electrons. The molecular formula is C32H32ClN7O2. The Morgan fingerprint density at radius 2 is 2.00 bits per heavy atom. The number of rotatable bonds is 6.